The van der Waals surface area contributed by atoms with Crippen LogP contribution in [0.15, 0.2) is 42.5 Å². The molecule has 0 bridgehead atoms. The zero-order chi connectivity index (χ0) is 19.8. The minimum atomic E-state index is -0.406. The van der Waals surface area contributed by atoms with Gasteiger partial charge in [-0.1, -0.05) is 24.3 Å². The molecule has 142 valence electrons. The fourth-order valence-corrected chi connectivity index (χ4v) is 2.68. The molecule has 2 rings (SSSR count). The van der Waals surface area contributed by atoms with Crippen molar-refractivity contribution in [3.05, 3.63) is 59.2 Å². The van der Waals surface area contributed by atoms with Gasteiger partial charge in [-0.25, -0.2) is 4.79 Å². The number of hydrogen-bond donors (Lipinski definition) is 0. The third-order valence-electron chi connectivity index (χ3n) is 3.68. The normalized spacial score (nSPS) is 10.5. The molecule has 6 nitrogen and oxygen atoms in total. The van der Waals surface area contributed by atoms with E-state index in [4.69, 9.17) is 14.2 Å². The zero-order valence-corrected chi connectivity index (χ0v) is 17.3. The second-order valence-corrected chi connectivity index (χ2v) is 6.34. The van der Waals surface area contributed by atoms with E-state index in [1.807, 2.05) is 24.3 Å². The summed E-state index contributed by atoms with van der Waals surface area (Å²) in [6.07, 6.45) is 3.03. The van der Waals surface area contributed by atoms with Crippen molar-refractivity contribution in [2.45, 2.75) is 6.61 Å². The lowest BCUT2D eigenvalue weighted by atomic mass is 10.1. The van der Waals surface area contributed by atoms with Gasteiger partial charge in [-0.2, -0.15) is 0 Å². The molecule has 0 spiro atoms. The Hall–Kier alpha value is -2.55. The molecule has 0 atom stereocenters. The Bertz CT molecular complexity index is 842. The van der Waals surface area contributed by atoms with Crippen molar-refractivity contribution in [1.29, 1.82) is 0 Å². The van der Waals surface area contributed by atoms with E-state index in [9.17, 15) is 9.59 Å². The minimum absolute atomic E-state index is 0.148. The van der Waals surface area contributed by atoms with Crippen LogP contribution >= 0.6 is 22.6 Å². The average Bonchev–Trinajstić information content (AvgIpc) is 2.70. The summed E-state index contributed by atoms with van der Waals surface area (Å²) in [5.41, 5.74) is 2.22. The molecule has 0 radical (unpaired) electrons. The van der Waals surface area contributed by atoms with Crippen LogP contribution in [-0.4, -0.2) is 31.1 Å². The molecule has 0 N–H and O–H groups in total. The lowest BCUT2D eigenvalue weighted by Crippen LogP contribution is -2.01. The highest BCUT2D eigenvalue weighted by Gasteiger charge is 2.16. The van der Waals surface area contributed by atoms with E-state index >= 15 is 0 Å². The molecule has 0 fully saturated rings. The average molecular weight is 482 g/mol. The van der Waals surface area contributed by atoms with Crippen molar-refractivity contribution >= 4 is 38.4 Å². The van der Waals surface area contributed by atoms with Gasteiger partial charge in [0.25, 0.3) is 0 Å². The predicted octanol–water partition coefficient (Wildman–Crippen LogP) is 4.04. The largest absolute Gasteiger partial charge is 0.496 e. The van der Waals surface area contributed by atoms with Crippen LogP contribution in [0.3, 0.4) is 0 Å². The van der Waals surface area contributed by atoms with Crippen molar-refractivity contribution in [2.75, 3.05) is 21.3 Å². The molecular weight excluding hydrogens is 463 g/mol. The lowest BCUT2D eigenvalue weighted by molar-refractivity contribution is -0.134. The first-order chi connectivity index (χ1) is 13.0. The van der Waals surface area contributed by atoms with Crippen LogP contribution in [0, 0.1) is 0 Å². The van der Waals surface area contributed by atoms with Crippen LogP contribution in [0.4, 0.5) is 0 Å². The predicted molar refractivity (Wildman–Crippen MR) is 110 cm³/mol. The number of carbonyl (C=O) groups is 2. The molecule has 0 heterocycles. The van der Waals surface area contributed by atoms with E-state index < -0.39 is 5.97 Å². The van der Waals surface area contributed by atoms with Crippen molar-refractivity contribution in [1.82, 2.24) is 0 Å². The second kappa shape index (κ2) is 9.96. The number of methoxy groups -OCH3 is 3. The highest BCUT2D eigenvalue weighted by Crippen LogP contribution is 2.36. The Labute approximate surface area is 171 Å². The van der Waals surface area contributed by atoms with Crippen LogP contribution in [0.1, 0.15) is 21.5 Å². The summed E-state index contributed by atoms with van der Waals surface area (Å²) >= 11 is 1.70. The summed E-state index contributed by atoms with van der Waals surface area (Å²) in [5, 5.41) is 0. The van der Waals surface area contributed by atoms with Crippen LogP contribution in [0.2, 0.25) is 0 Å². The van der Waals surface area contributed by atoms with Gasteiger partial charge in [-0.15, -0.1) is 0 Å². The van der Waals surface area contributed by atoms with Crippen LogP contribution in [0.25, 0.3) is 6.08 Å². The molecule has 2 aromatic rings. The number of halogens is 1. The standard InChI is InChI=1S/C20H19IO6/c1-24-16-11-18(17(25-2)10-15(16)20(21)23)27-12-14-6-4-13(5-7-14)8-9-19(22)26-3/h4-11H,12H2,1-3H3/b9-8+. The first-order valence-electron chi connectivity index (χ1n) is 7.92. The fourth-order valence-electron chi connectivity index (χ4n) is 2.25. The number of carbonyl (C=O) groups excluding carboxylic acids is 2. The Kier molecular flexibility index (Phi) is 7.66. The van der Waals surface area contributed by atoms with Gasteiger partial charge in [0.1, 0.15) is 12.4 Å². The SMILES string of the molecule is COC(=O)/C=C/c1ccc(COc2cc(OC)c(C(=O)I)cc2OC)cc1. The summed E-state index contributed by atoms with van der Waals surface area (Å²) in [7, 11) is 4.34. The van der Waals surface area contributed by atoms with Gasteiger partial charge in [0.15, 0.2) is 11.5 Å². The monoisotopic (exact) mass is 482 g/mol. The first-order valence-corrected chi connectivity index (χ1v) is 9.00. The first kappa shape index (κ1) is 20.8. The molecule has 2 aromatic carbocycles. The third-order valence-corrected chi connectivity index (χ3v) is 4.27. The van der Waals surface area contributed by atoms with E-state index in [0.717, 1.165) is 11.1 Å². The van der Waals surface area contributed by atoms with Crippen molar-refractivity contribution in [2.24, 2.45) is 0 Å². The molecule has 0 amide bonds. The Morgan fingerprint density at radius 3 is 2.19 bits per heavy atom. The number of hydrogen-bond acceptors (Lipinski definition) is 6. The van der Waals surface area contributed by atoms with E-state index in [1.54, 1.807) is 40.8 Å². The van der Waals surface area contributed by atoms with Gasteiger partial charge in [0.2, 0.25) is 3.79 Å². The summed E-state index contributed by atoms with van der Waals surface area (Å²) in [6.45, 7) is 0.304. The third kappa shape index (κ3) is 5.72. The molecule has 0 aromatic heterocycles. The number of benzene rings is 2. The molecule has 27 heavy (non-hydrogen) atoms. The highest BCUT2D eigenvalue weighted by atomic mass is 127. The number of rotatable bonds is 8. The van der Waals surface area contributed by atoms with E-state index in [1.165, 1.54) is 27.4 Å². The Balaban J connectivity index is 2.13. The minimum Gasteiger partial charge on any atom is -0.496 e. The summed E-state index contributed by atoms with van der Waals surface area (Å²) in [5.74, 6) is 0.948. The number of esters is 1. The molecule has 7 heteroatoms. The fraction of sp³-hybridized carbons (Fsp3) is 0.200. The smallest absolute Gasteiger partial charge is 0.330 e. The molecule has 0 aliphatic carbocycles. The van der Waals surface area contributed by atoms with Gasteiger partial charge in [-0.3, -0.25) is 4.79 Å². The van der Waals surface area contributed by atoms with Crippen LogP contribution < -0.4 is 14.2 Å². The van der Waals surface area contributed by atoms with Crippen LogP contribution in [0.5, 0.6) is 17.2 Å². The molecule has 0 saturated carbocycles. The van der Waals surface area contributed by atoms with Crippen LogP contribution in [-0.2, 0) is 16.1 Å². The van der Waals surface area contributed by atoms with E-state index in [-0.39, 0.29) is 3.79 Å². The maximum absolute atomic E-state index is 11.7. The van der Waals surface area contributed by atoms with E-state index in [2.05, 4.69) is 4.74 Å². The summed E-state index contributed by atoms with van der Waals surface area (Å²) in [6, 6.07) is 10.8. The summed E-state index contributed by atoms with van der Waals surface area (Å²) < 4.78 is 20.8. The topological polar surface area (TPSA) is 71.1 Å². The molecular formula is C20H19IO6. The Morgan fingerprint density at radius 1 is 0.963 bits per heavy atom. The van der Waals surface area contributed by atoms with Gasteiger partial charge < -0.3 is 18.9 Å². The van der Waals surface area contributed by atoms with E-state index in [0.29, 0.717) is 29.4 Å². The quantitative estimate of drug-likeness (QED) is 0.245. The summed E-state index contributed by atoms with van der Waals surface area (Å²) in [4.78, 5) is 22.8. The van der Waals surface area contributed by atoms with Gasteiger partial charge >= 0.3 is 5.97 Å². The zero-order valence-electron chi connectivity index (χ0n) is 15.2. The maximum atomic E-state index is 11.7. The molecule has 0 unspecified atom stereocenters. The van der Waals surface area contributed by atoms with Gasteiger partial charge in [-0.05, 0) is 23.3 Å². The van der Waals surface area contributed by atoms with Crippen molar-refractivity contribution in [3.63, 3.8) is 0 Å². The molecule has 0 saturated heterocycles. The molecule has 0 aliphatic rings. The second-order valence-electron chi connectivity index (χ2n) is 5.36. The maximum Gasteiger partial charge on any atom is 0.330 e. The Morgan fingerprint density at radius 2 is 1.63 bits per heavy atom. The highest BCUT2D eigenvalue weighted by molar-refractivity contribution is 14.1. The number of ether oxygens (including phenoxy) is 4. The molecule has 0 aliphatic heterocycles. The van der Waals surface area contributed by atoms with Crippen molar-refractivity contribution in [3.8, 4) is 17.2 Å². The van der Waals surface area contributed by atoms with Gasteiger partial charge in [0, 0.05) is 34.7 Å². The van der Waals surface area contributed by atoms with Crippen molar-refractivity contribution < 1.29 is 28.5 Å². The lowest BCUT2D eigenvalue weighted by Gasteiger charge is -2.14. The van der Waals surface area contributed by atoms with Gasteiger partial charge in [0.05, 0.1) is 26.9 Å².